The van der Waals surface area contributed by atoms with Gasteiger partial charge in [0.25, 0.3) is 5.91 Å². The molecule has 7 heteroatoms. The number of imidazole rings is 1. The quantitative estimate of drug-likeness (QED) is 0.715. The zero-order chi connectivity index (χ0) is 18.4. The molecule has 1 heterocycles. The molecule has 3 aromatic rings. The van der Waals surface area contributed by atoms with Crippen LogP contribution in [0.2, 0.25) is 0 Å². The largest absolute Gasteiger partial charge is 0.337 e. The molecule has 0 aliphatic rings. The van der Waals surface area contributed by atoms with Crippen LogP contribution in [0.1, 0.15) is 16.8 Å². The highest BCUT2D eigenvalue weighted by atomic mass is 19.1. The van der Waals surface area contributed by atoms with Crippen molar-refractivity contribution in [3.05, 3.63) is 78.6 Å². The van der Waals surface area contributed by atoms with Gasteiger partial charge in [0.15, 0.2) is 0 Å². The first-order valence-corrected chi connectivity index (χ1v) is 8.03. The zero-order valence-electron chi connectivity index (χ0n) is 13.9. The highest BCUT2D eigenvalue weighted by Gasteiger charge is 2.09. The minimum Gasteiger partial charge on any atom is -0.337 e. The van der Waals surface area contributed by atoms with Crippen molar-refractivity contribution in [1.29, 1.82) is 0 Å². The Morgan fingerprint density at radius 1 is 1.04 bits per heavy atom. The molecule has 132 valence electrons. The Bertz CT molecular complexity index is 892. The van der Waals surface area contributed by atoms with Crippen molar-refractivity contribution in [2.75, 3.05) is 10.6 Å². The second-order valence-electron chi connectivity index (χ2n) is 5.64. The highest BCUT2D eigenvalue weighted by Crippen LogP contribution is 2.14. The van der Waals surface area contributed by atoms with Crippen LogP contribution in [0.25, 0.3) is 0 Å². The smallest absolute Gasteiger partial charge is 0.255 e. The standard InChI is InChI=1S/C19H17FN4O2/c20-15-4-6-16(7-5-15)23-19(26)14-2-1-3-17(12-14)22-18(25)8-10-24-11-9-21-13-24/h1-7,9,11-13H,8,10H2,(H,22,25)(H,23,26). The number of aryl methyl sites for hydroxylation is 1. The number of carbonyl (C=O) groups is 2. The lowest BCUT2D eigenvalue weighted by molar-refractivity contribution is -0.116. The molecule has 0 aliphatic heterocycles. The van der Waals surface area contributed by atoms with Gasteiger partial charge in [-0.15, -0.1) is 0 Å². The van der Waals surface area contributed by atoms with Gasteiger partial charge in [-0.25, -0.2) is 9.37 Å². The van der Waals surface area contributed by atoms with Gasteiger partial charge in [0.2, 0.25) is 5.91 Å². The molecule has 6 nitrogen and oxygen atoms in total. The Labute approximate surface area is 149 Å². The van der Waals surface area contributed by atoms with Crippen LogP contribution in [0.15, 0.2) is 67.3 Å². The summed E-state index contributed by atoms with van der Waals surface area (Å²) in [6.07, 6.45) is 5.38. The van der Waals surface area contributed by atoms with E-state index in [9.17, 15) is 14.0 Å². The second-order valence-corrected chi connectivity index (χ2v) is 5.64. The predicted octanol–water partition coefficient (Wildman–Crippen LogP) is 3.30. The highest BCUT2D eigenvalue weighted by molar-refractivity contribution is 6.05. The van der Waals surface area contributed by atoms with Gasteiger partial charge in [-0.2, -0.15) is 0 Å². The van der Waals surface area contributed by atoms with Crippen molar-refractivity contribution in [3.63, 3.8) is 0 Å². The van der Waals surface area contributed by atoms with E-state index in [0.717, 1.165) is 0 Å². The van der Waals surface area contributed by atoms with E-state index in [1.807, 2.05) is 4.57 Å². The van der Waals surface area contributed by atoms with E-state index < -0.39 is 0 Å². The minimum absolute atomic E-state index is 0.158. The summed E-state index contributed by atoms with van der Waals surface area (Å²) in [5.74, 6) is -0.871. The zero-order valence-corrected chi connectivity index (χ0v) is 13.9. The molecule has 2 amide bonds. The van der Waals surface area contributed by atoms with Gasteiger partial charge in [-0.3, -0.25) is 9.59 Å². The number of carbonyl (C=O) groups excluding carboxylic acids is 2. The molecule has 0 bridgehead atoms. The van der Waals surface area contributed by atoms with E-state index in [1.165, 1.54) is 24.3 Å². The minimum atomic E-state index is -0.372. The maximum Gasteiger partial charge on any atom is 0.255 e. The summed E-state index contributed by atoms with van der Waals surface area (Å²) in [6, 6.07) is 12.1. The molecule has 0 spiro atoms. The lowest BCUT2D eigenvalue weighted by Gasteiger charge is -2.09. The Hall–Kier alpha value is -3.48. The van der Waals surface area contributed by atoms with Crippen molar-refractivity contribution in [3.8, 4) is 0 Å². The van der Waals surface area contributed by atoms with Crippen molar-refractivity contribution in [2.45, 2.75) is 13.0 Å². The van der Waals surface area contributed by atoms with Gasteiger partial charge < -0.3 is 15.2 Å². The number of benzene rings is 2. The fourth-order valence-corrected chi connectivity index (χ4v) is 2.35. The predicted molar refractivity (Wildman–Crippen MR) is 96.3 cm³/mol. The lowest BCUT2D eigenvalue weighted by atomic mass is 10.1. The van der Waals surface area contributed by atoms with Gasteiger partial charge in [0.05, 0.1) is 6.33 Å². The summed E-state index contributed by atoms with van der Waals surface area (Å²) in [4.78, 5) is 28.2. The molecule has 1 aromatic heterocycles. The van der Waals surface area contributed by atoms with E-state index in [4.69, 9.17) is 0 Å². The summed E-state index contributed by atoms with van der Waals surface area (Å²) in [5.41, 5.74) is 1.42. The first-order valence-electron chi connectivity index (χ1n) is 8.03. The number of nitrogens with zero attached hydrogens (tertiary/aromatic N) is 2. The fraction of sp³-hybridized carbons (Fsp3) is 0.105. The number of anilines is 2. The van der Waals surface area contributed by atoms with E-state index in [0.29, 0.717) is 29.9 Å². The number of aromatic nitrogens is 2. The lowest BCUT2D eigenvalue weighted by Crippen LogP contribution is -2.15. The topological polar surface area (TPSA) is 76.0 Å². The third-order valence-corrected chi connectivity index (χ3v) is 3.67. The van der Waals surface area contributed by atoms with Crippen molar-refractivity contribution in [1.82, 2.24) is 9.55 Å². The van der Waals surface area contributed by atoms with Gasteiger partial charge in [0.1, 0.15) is 5.82 Å². The molecule has 2 aromatic carbocycles. The summed E-state index contributed by atoms with van der Waals surface area (Å²) in [7, 11) is 0. The maximum absolute atomic E-state index is 12.9. The molecule has 0 aliphatic carbocycles. The first-order chi connectivity index (χ1) is 12.6. The van der Waals surface area contributed by atoms with Crippen LogP contribution in [-0.4, -0.2) is 21.4 Å². The molecular weight excluding hydrogens is 335 g/mol. The van der Waals surface area contributed by atoms with Gasteiger partial charge in [-0.05, 0) is 42.5 Å². The average Bonchev–Trinajstić information content (AvgIpc) is 3.16. The van der Waals surface area contributed by atoms with Crippen molar-refractivity contribution >= 4 is 23.2 Å². The Morgan fingerprint density at radius 2 is 1.85 bits per heavy atom. The summed E-state index contributed by atoms with van der Waals surface area (Å²) < 4.78 is 14.7. The molecule has 26 heavy (non-hydrogen) atoms. The summed E-state index contributed by atoms with van der Waals surface area (Å²) in [5, 5.41) is 5.45. The Balaban J connectivity index is 1.59. The van der Waals surface area contributed by atoms with Crippen molar-refractivity contribution < 1.29 is 14.0 Å². The SMILES string of the molecule is O=C(CCn1ccnc1)Nc1cccc(C(=O)Nc2ccc(F)cc2)c1. The maximum atomic E-state index is 12.9. The first kappa shape index (κ1) is 17.3. The van der Waals surface area contributed by atoms with E-state index >= 15 is 0 Å². The third-order valence-electron chi connectivity index (χ3n) is 3.67. The molecule has 0 fully saturated rings. The van der Waals surface area contributed by atoms with Crippen LogP contribution in [0.3, 0.4) is 0 Å². The van der Waals surface area contributed by atoms with Crippen LogP contribution >= 0.6 is 0 Å². The van der Waals surface area contributed by atoms with Crippen LogP contribution in [-0.2, 0) is 11.3 Å². The van der Waals surface area contributed by atoms with Gasteiger partial charge in [0, 0.05) is 42.3 Å². The molecular formula is C19H17FN4O2. The van der Waals surface area contributed by atoms with Crippen LogP contribution in [0, 0.1) is 5.82 Å². The number of hydrogen-bond donors (Lipinski definition) is 2. The number of hydrogen-bond acceptors (Lipinski definition) is 3. The normalized spacial score (nSPS) is 10.3. The van der Waals surface area contributed by atoms with Gasteiger partial charge >= 0.3 is 0 Å². The molecule has 3 rings (SSSR count). The molecule has 0 unspecified atom stereocenters. The third kappa shape index (κ3) is 4.76. The van der Waals surface area contributed by atoms with Gasteiger partial charge in [-0.1, -0.05) is 6.07 Å². The summed E-state index contributed by atoms with van der Waals surface area (Å²) >= 11 is 0. The number of rotatable bonds is 6. The number of nitrogens with one attached hydrogen (secondary N) is 2. The molecule has 0 atom stereocenters. The second kappa shape index (κ2) is 8.06. The fourth-order valence-electron chi connectivity index (χ4n) is 2.35. The Kier molecular flexibility index (Phi) is 5.38. The molecule has 0 saturated heterocycles. The number of halogens is 1. The van der Waals surface area contributed by atoms with Crippen LogP contribution < -0.4 is 10.6 Å². The number of amides is 2. The van der Waals surface area contributed by atoms with Crippen LogP contribution in [0.4, 0.5) is 15.8 Å². The molecule has 0 saturated carbocycles. The van der Waals surface area contributed by atoms with Crippen molar-refractivity contribution in [2.24, 2.45) is 0 Å². The van der Waals surface area contributed by atoms with Crippen LogP contribution in [0.5, 0.6) is 0 Å². The molecule has 0 radical (unpaired) electrons. The van der Waals surface area contributed by atoms with E-state index in [1.54, 1.807) is 43.0 Å². The summed E-state index contributed by atoms with van der Waals surface area (Å²) in [6.45, 7) is 0.524. The Morgan fingerprint density at radius 3 is 2.58 bits per heavy atom. The average molecular weight is 352 g/mol. The molecule has 2 N–H and O–H groups in total. The monoisotopic (exact) mass is 352 g/mol. The van der Waals surface area contributed by atoms with E-state index in [-0.39, 0.29) is 17.6 Å². The van der Waals surface area contributed by atoms with E-state index in [2.05, 4.69) is 15.6 Å².